The maximum Gasteiger partial charge on any atom is 0.140 e. The van der Waals surface area contributed by atoms with Gasteiger partial charge in [0.25, 0.3) is 0 Å². The number of rotatable bonds is 2. The number of nitrogens with one attached hydrogen (secondary N) is 1. The van der Waals surface area contributed by atoms with E-state index in [0.717, 1.165) is 16.9 Å². The van der Waals surface area contributed by atoms with Crippen molar-refractivity contribution in [2.24, 2.45) is 0 Å². The van der Waals surface area contributed by atoms with Crippen LogP contribution in [0.15, 0.2) is 30.3 Å². The number of hydrogen-bond donors (Lipinski definition) is 1. The average molecular weight is 292 g/mol. The summed E-state index contributed by atoms with van der Waals surface area (Å²) in [5, 5.41) is 8.57. The first-order valence-electron chi connectivity index (χ1n) is 6.68. The largest absolute Gasteiger partial charge is 0.357 e. The molecule has 1 aromatic heterocycles. The fraction of sp³-hybridized carbons (Fsp3) is 0.400. The number of aryl methyl sites for hydroxylation is 1. The Kier molecular flexibility index (Phi) is 3.32. The Hall–Kier alpha value is -1.36. The lowest BCUT2D eigenvalue weighted by Gasteiger charge is -2.17. The lowest BCUT2D eigenvalue weighted by Crippen LogP contribution is -2.36. The van der Waals surface area contributed by atoms with E-state index in [9.17, 15) is 0 Å². The molecule has 3 rings (SSSR count). The molecule has 1 aromatic carbocycles. The Morgan fingerprint density at radius 1 is 1.35 bits per heavy atom. The Morgan fingerprint density at radius 2 is 2.05 bits per heavy atom. The van der Waals surface area contributed by atoms with Crippen molar-refractivity contribution in [2.45, 2.75) is 32.5 Å². The maximum absolute atomic E-state index is 6.52. The van der Waals surface area contributed by atoms with Gasteiger partial charge in [-0.2, -0.15) is 5.10 Å². The van der Waals surface area contributed by atoms with Crippen LogP contribution in [0, 0.1) is 6.92 Å². The SMILES string of the molecule is Cc1nn(-c2ccccc2)c(Cl)c1C1NC(C)(C)CO1. The minimum atomic E-state index is -0.199. The molecule has 1 N–H and O–H groups in total. The minimum absolute atomic E-state index is 0.0463. The van der Waals surface area contributed by atoms with E-state index in [2.05, 4.69) is 24.3 Å². The van der Waals surface area contributed by atoms with E-state index in [-0.39, 0.29) is 11.8 Å². The number of aromatic nitrogens is 2. The van der Waals surface area contributed by atoms with Crippen molar-refractivity contribution in [2.75, 3.05) is 6.61 Å². The molecular formula is C15H18ClN3O. The first-order valence-corrected chi connectivity index (χ1v) is 7.05. The van der Waals surface area contributed by atoms with E-state index in [1.54, 1.807) is 4.68 Å². The monoisotopic (exact) mass is 291 g/mol. The van der Waals surface area contributed by atoms with Crippen LogP contribution in [0.3, 0.4) is 0 Å². The molecule has 2 heterocycles. The van der Waals surface area contributed by atoms with Gasteiger partial charge in [-0.05, 0) is 32.9 Å². The third-order valence-corrected chi connectivity index (χ3v) is 3.81. The van der Waals surface area contributed by atoms with Crippen LogP contribution in [0.5, 0.6) is 0 Å². The summed E-state index contributed by atoms with van der Waals surface area (Å²) in [6.45, 7) is 6.83. The van der Waals surface area contributed by atoms with Crippen molar-refractivity contribution in [1.82, 2.24) is 15.1 Å². The summed E-state index contributed by atoms with van der Waals surface area (Å²) >= 11 is 6.52. The van der Waals surface area contributed by atoms with Crippen LogP contribution in [0.4, 0.5) is 0 Å². The van der Waals surface area contributed by atoms with Crippen molar-refractivity contribution in [3.05, 3.63) is 46.7 Å². The molecule has 0 amide bonds. The molecule has 0 aliphatic carbocycles. The summed E-state index contributed by atoms with van der Waals surface area (Å²) in [4.78, 5) is 0. The third-order valence-electron chi connectivity index (χ3n) is 3.44. The number of ether oxygens (including phenoxy) is 1. The quantitative estimate of drug-likeness (QED) is 0.923. The van der Waals surface area contributed by atoms with Gasteiger partial charge in [-0.3, -0.25) is 5.32 Å². The van der Waals surface area contributed by atoms with Gasteiger partial charge in [0.2, 0.25) is 0 Å². The van der Waals surface area contributed by atoms with E-state index in [1.807, 2.05) is 37.3 Å². The molecule has 1 unspecified atom stereocenters. The smallest absolute Gasteiger partial charge is 0.140 e. The van der Waals surface area contributed by atoms with Crippen LogP contribution < -0.4 is 5.32 Å². The van der Waals surface area contributed by atoms with Gasteiger partial charge < -0.3 is 4.74 Å². The van der Waals surface area contributed by atoms with Gasteiger partial charge in [-0.1, -0.05) is 29.8 Å². The van der Waals surface area contributed by atoms with Gasteiger partial charge in [0.1, 0.15) is 11.4 Å². The highest BCUT2D eigenvalue weighted by Crippen LogP contribution is 2.34. The lowest BCUT2D eigenvalue weighted by atomic mass is 10.1. The maximum atomic E-state index is 6.52. The molecule has 0 spiro atoms. The highest BCUT2D eigenvalue weighted by molar-refractivity contribution is 6.30. The predicted molar refractivity (Wildman–Crippen MR) is 79.2 cm³/mol. The van der Waals surface area contributed by atoms with Crippen LogP contribution in [0.25, 0.3) is 5.69 Å². The van der Waals surface area contributed by atoms with Gasteiger partial charge >= 0.3 is 0 Å². The second-order valence-corrected chi connectivity index (χ2v) is 6.11. The van der Waals surface area contributed by atoms with Crippen LogP contribution in [0.1, 0.15) is 31.3 Å². The van der Waals surface area contributed by atoms with Gasteiger partial charge in [0, 0.05) is 5.54 Å². The van der Waals surface area contributed by atoms with Crippen LogP contribution >= 0.6 is 11.6 Å². The highest BCUT2D eigenvalue weighted by atomic mass is 35.5. The highest BCUT2D eigenvalue weighted by Gasteiger charge is 2.35. The fourth-order valence-corrected chi connectivity index (χ4v) is 2.81. The summed E-state index contributed by atoms with van der Waals surface area (Å²) < 4.78 is 7.57. The van der Waals surface area contributed by atoms with Crippen molar-refractivity contribution < 1.29 is 4.74 Å². The molecule has 2 aromatic rings. The zero-order valence-corrected chi connectivity index (χ0v) is 12.6. The molecule has 1 aliphatic rings. The average Bonchev–Trinajstić information content (AvgIpc) is 2.90. The molecule has 1 atom stereocenters. The van der Waals surface area contributed by atoms with Crippen LogP contribution in [0.2, 0.25) is 5.15 Å². The zero-order chi connectivity index (χ0) is 14.3. The van der Waals surface area contributed by atoms with Crippen molar-refractivity contribution in [3.63, 3.8) is 0 Å². The van der Waals surface area contributed by atoms with Gasteiger partial charge in [0.05, 0.1) is 23.6 Å². The third kappa shape index (κ3) is 2.35. The second kappa shape index (κ2) is 4.88. The number of hydrogen-bond acceptors (Lipinski definition) is 3. The molecule has 0 bridgehead atoms. The van der Waals surface area contributed by atoms with Crippen molar-refractivity contribution in [3.8, 4) is 5.69 Å². The van der Waals surface area contributed by atoms with Crippen LogP contribution in [-0.4, -0.2) is 21.9 Å². The van der Waals surface area contributed by atoms with E-state index < -0.39 is 0 Å². The van der Waals surface area contributed by atoms with Gasteiger partial charge in [-0.15, -0.1) is 0 Å². The normalized spacial score (nSPS) is 21.3. The van der Waals surface area contributed by atoms with Crippen molar-refractivity contribution in [1.29, 1.82) is 0 Å². The summed E-state index contributed by atoms with van der Waals surface area (Å²) in [6.07, 6.45) is -0.199. The van der Waals surface area contributed by atoms with E-state index >= 15 is 0 Å². The van der Waals surface area contributed by atoms with E-state index in [4.69, 9.17) is 16.3 Å². The van der Waals surface area contributed by atoms with E-state index in [0.29, 0.717) is 11.8 Å². The Bertz CT molecular complexity index is 622. The lowest BCUT2D eigenvalue weighted by molar-refractivity contribution is 0.0985. The van der Waals surface area contributed by atoms with Gasteiger partial charge in [0.15, 0.2) is 0 Å². The molecule has 1 fully saturated rings. The fourth-order valence-electron chi connectivity index (χ4n) is 2.43. The zero-order valence-electron chi connectivity index (χ0n) is 11.9. The minimum Gasteiger partial charge on any atom is -0.357 e. The number of para-hydroxylation sites is 1. The molecule has 5 heteroatoms. The Balaban J connectivity index is 2.00. The first kappa shape index (κ1) is 13.6. The van der Waals surface area contributed by atoms with Crippen molar-refractivity contribution >= 4 is 11.6 Å². The van der Waals surface area contributed by atoms with E-state index in [1.165, 1.54) is 0 Å². The number of nitrogens with zero attached hydrogens (tertiary/aromatic N) is 2. The molecule has 1 saturated heterocycles. The molecule has 1 aliphatic heterocycles. The number of benzene rings is 1. The molecule has 4 nitrogen and oxygen atoms in total. The topological polar surface area (TPSA) is 39.1 Å². The standard InChI is InChI=1S/C15H18ClN3O/c1-10-12(14-17-15(2,3)9-20-14)13(16)19(18-10)11-7-5-4-6-8-11/h4-8,14,17H,9H2,1-3H3. The molecule has 20 heavy (non-hydrogen) atoms. The first-order chi connectivity index (χ1) is 9.48. The second-order valence-electron chi connectivity index (χ2n) is 5.76. The predicted octanol–water partition coefficient (Wildman–Crippen LogP) is 3.23. The van der Waals surface area contributed by atoms with Gasteiger partial charge in [-0.25, -0.2) is 4.68 Å². The summed E-state index contributed by atoms with van der Waals surface area (Å²) in [6, 6.07) is 9.87. The Labute approximate surface area is 123 Å². The summed E-state index contributed by atoms with van der Waals surface area (Å²) in [5.41, 5.74) is 2.70. The molecule has 106 valence electrons. The molecule has 0 radical (unpaired) electrons. The summed E-state index contributed by atoms with van der Waals surface area (Å²) in [7, 11) is 0. The summed E-state index contributed by atoms with van der Waals surface area (Å²) in [5.74, 6) is 0. The molecular weight excluding hydrogens is 274 g/mol. The van der Waals surface area contributed by atoms with Crippen LogP contribution in [-0.2, 0) is 4.74 Å². The number of halogens is 1. The Morgan fingerprint density at radius 3 is 2.65 bits per heavy atom. The molecule has 0 saturated carbocycles.